The fourth-order valence-electron chi connectivity index (χ4n) is 1.83. The zero-order chi connectivity index (χ0) is 17.3. The monoisotopic (exact) mass is 358 g/mol. The zero-order valence-corrected chi connectivity index (χ0v) is 14.0. The summed E-state index contributed by atoms with van der Waals surface area (Å²) in [4.78, 5) is -0.485. The molecule has 0 aliphatic heterocycles. The van der Waals surface area contributed by atoms with E-state index in [4.69, 9.17) is 0 Å². The molecule has 0 amide bonds. The fraction of sp³-hybridized carbons (Fsp3) is 0.143. The highest BCUT2D eigenvalue weighted by molar-refractivity contribution is 7.93. The number of benzene rings is 2. The quantitative estimate of drug-likeness (QED) is 0.853. The average Bonchev–Trinajstić information content (AvgIpc) is 2.50. The third-order valence-electron chi connectivity index (χ3n) is 3.06. The van der Waals surface area contributed by atoms with Crippen LogP contribution in [0.25, 0.3) is 0 Å². The molecule has 6 nitrogen and oxygen atoms in total. The lowest BCUT2D eigenvalue weighted by Gasteiger charge is -2.10. The second kappa shape index (κ2) is 6.26. The second-order valence-corrected chi connectivity index (χ2v) is 8.34. The normalized spacial score (nSPS) is 12.1. The molecule has 0 saturated carbocycles. The van der Waals surface area contributed by atoms with Gasteiger partial charge in [-0.3, -0.25) is 4.72 Å². The van der Waals surface area contributed by atoms with Gasteiger partial charge in [-0.1, -0.05) is 12.1 Å². The van der Waals surface area contributed by atoms with Gasteiger partial charge in [0, 0.05) is 0 Å². The predicted octanol–water partition coefficient (Wildman–Crippen LogP) is 1.84. The van der Waals surface area contributed by atoms with Crippen molar-refractivity contribution >= 4 is 25.7 Å². The first-order valence-corrected chi connectivity index (χ1v) is 9.45. The second-order valence-electron chi connectivity index (χ2n) is 4.77. The Hall–Kier alpha value is -1.97. The largest absolute Gasteiger partial charge is 0.277 e. The van der Waals surface area contributed by atoms with Crippen molar-refractivity contribution in [3.05, 3.63) is 53.8 Å². The van der Waals surface area contributed by atoms with Gasteiger partial charge in [0.2, 0.25) is 10.0 Å². The van der Waals surface area contributed by atoms with Gasteiger partial charge < -0.3 is 0 Å². The molecular formula is C14H15FN2O4S2. The molecule has 0 aliphatic carbocycles. The summed E-state index contributed by atoms with van der Waals surface area (Å²) < 4.78 is 66.1. The lowest BCUT2D eigenvalue weighted by molar-refractivity contribution is 0.587. The zero-order valence-electron chi connectivity index (χ0n) is 12.4. The van der Waals surface area contributed by atoms with E-state index < -0.39 is 25.9 Å². The number of rotatable bonds is 5. The minimum Gasteiger partial charge on any atom is -0.277 e. The molecule has 0 heterocycles. The molecule has 23 heavy (non-hydrogen) atoms. The molecule has 0 unspecified atom stereocenters. The Kier molecular flexibility index (Phi) is 4.73. The molecule has 0 atom stereocenters. The minimum atomic E-state index is -4.12. The molecule has 2 N–H and O–H groups in total. The Morgan fingerprint density at radius 1 is 0.913 bits per heavy atom. The fourth-order valence-corrected chi connectivity index (χ4v) is 3.80. The highest BCUT2D eigenvalue weighted by atomic mass is 32.2. The molecule has 2 aromatic carbocycles. The summed E-state index contributed by atoms with van der Waals surface area (Å²) in [6.45, 7) is 1.67. The molecule has 0 fully saturated rings. The van der Waals surface area contributed by atoms with Gasteiger partial charge in [-0.15, -0.1) is 0 Å². The van der Waals surface area contributed by atoms with Crippen molar-refractivity contribution in [2.45, 2.75) is 16.7 Å². The molecule has 9 heteroatoms. The Labute approximate surface area is 134 Å². The van der Waals surface area contributed by atoms with Crippen LogP contribution in [0.1, 0.15) is 5.56 Å². The SMILES string of the molecule is CNS(=O)(=O)c1cccc(S(=O)(=O)Nc2ccc(C)cc2F)c1. The van der Waals surface area contributed by atoms with Crippen molar-refractivity contribution < 1.29 is 21.2 Å². The lowest BCUT2D eigenvalue weighted by atomic mass is 10.2. The van der Waals surface area contributed by atoms with Gasteiger partial charge in [0.05, 0.1) is 15.5 Å². The Morgan fingerprint density at radius 3 is 2.09 bits per heavy atom. The molecule has 0 bridgehead atoms. The van der Waals surface area contributed by atoms with Crippen molar-refractivity contribution in [2.24, 2.45) is 0 Å². The molecule has 124 valence electrons. The van der Waals surface area contributed by atoms with Crippen LogP contribution in [-0.4, -0.2) is 23.9 Å². The third-order valence-corrected chi connectivity index (χ3v) is 5.84. The summed E-state index contributed by atoms with van der Waals surface area (Å²) in [6.07, 6.45) is 0. The van der Waals surface area contributed by atoms with Crippen molar-refractivity contribution in [2.75, 3.05) is 11.8 Å². The predicted molar refractivity (Wildman–Crippen MR) is 84.6 cm³/mol. The highest BCUT2D eigenvalue weighted by Gasteiger charge is 2.19. The first-order chi connectivity index (χ1) is 10.7. The van der Waals surface area contributed by atoms with E-state index in [2.05, 4.69) is 9.44 Å². The van der Waals surface area contributed by atoms with Crippen molar-refractivity contribution in [3.8, 4) is 0 Å². The highest BCUT2D eigenvalue weighted by Crippen LogP contribution is 2.21. The van der Waals surface area contributed by atoms with E-state index in [0.29, 0.717) is 5.56 Å². The first-order valence-electron chi connectivity index (χ1n) is 6.48. The summed E-state index contributed by atoms with van der Waals surface area (Å²) in [5.41, 5.74) is 0.435. The van der Waals surface area contributed by atoms with Gasteiger partial charge in [0.15, 0.2) is 0 Å². The van der Waals surface area contributed by atoms with Crippen LogP contribution in [0.2, 0.25) is 0 Å². The number of aryl methyl sites for hydroxylation is 1. The number of nitrogens with one attached hydrogen (secondary N) is 2. The standard InChI is InChI=1S/C14H15FN2O4S2/c1-10-6-7-14(13(15)8-10)17-23(20,21)12-5-3-4-11(9-12)22(18,19)16-2/h3-9,16-17H,1-2H3. The summed E-state index contributed by atoms with van der Waals surface area (Å²) in [7, 11) is -6.69. The van der Waals surface area contributed by atoms with Crippen LogP contribution in [0, 0.1) is 12.7 Å². The number of hydrogen-bond acceptors (Lipinski definition) is 4. The van der Waals surface area contributed by atoms with E-state index in [0.717, 1.165) is 6.07 Å². The molecule has 0 saturated heterocycles. The maximum Gasteiger partial charge on any atom is 0.262 e. The van der Waals surface area contributed by atoms with E-state index in [1.165, 1.54) is 37.4 Å². The lowest BCUT2D eigenvalue weighted by Crippen LogP contribution is -2.20. The van der Waals surface area contributed by atoms with Crippen LogP contribution in [0.5, 0.6) is 0 Å². The number of anilines is 1. The molecule has 2 rings (SSSR count). The van der Waals surface area contributed by atoms with Gasteiger partial charge in [0.25, 0.3) is 10.0 Å². The van der Waals surface area contributed by atoms with Gasteiger partial charge in [-0.2, -0.15) is 0 Å². The molecule has 0 aromatic heterocycles. The van der Waals surface area contributed by atoms with E-state index in [-0.39, 0.29) is 15.5 Å². The maximum atomic E-state index is 13.8. The first kappa shape index (κ1) is 17.4. The Bertz CT molecular complexity index is 941. The molecular weight excluding hydrogens is 343 g/mol. The topological polar surface area (TPSA) is 92.3 Å². The smallest absolute Gasteiger partial charge is 0.262 e. The van der Waals surface area contributed by atoms with Crippen LogP contribution in [0.15, 0.2) is 52.3 Å². The summed E-state index contributed by atoms with van der Waals surface area (Å²) in [5.74, 6) is -0.715. The summed E-state index contributed by atoms with van der Waals surface area (Å²) in [6, 6.07) is 8.84. The summed E-state index contributed by atoms with van der Waals surface area (Å²) in [5, 5.41) is 0. The van der Waals surface area contributed by atoms with E-state index in [1.54, 1.807) is 13.0 Å². The van der Waals surface area contributed by atoms with Crippen molar-refractivity contribution in [3.63, 3.8) is 0 Å². The van der Waals surface area contributed by atoms with Gasteiger partial charge in [-0.25, -0.2) is 25.9 Å². The third kappa shape index (κ3) is 3.87. The average molecular weight is 358 g/mol. The maximum absolute atomic E-state index is 13.8. The Morgan fingerprint density at radius 2 is 1.52 bits per heavy atom. The number of halogens is 1. The summed E-state index contributed by atoms with van der Waals surface area (Å²) >= 11 is 0. The number of hydrogen-bond donors (Lipinski definition) is 2. The molecule has 0 aliphatic rings. The molecule has 2 aromatic rings. The van der Waals surface area contributed by atoms with E-state index in [1.807, 2.05) is 0 Å². The van der Waals surface area contributed by atoms with Crippen LogP contribution < -0.4 is 9.44 Å². The van der Waals surface area contributed by atoms with E-state index >= 15 is 0 Å². The van der Waals surface area contributed by atoms with Crippen LogP contribution in [-0.2, 0) is 20.0 Å². The minimum absolute atomic E-state index is 0.202. The van der Waals surface area contributed by atoms with Gasteiger partial charge >= 0.3 is 0 Å². The van der Waals surface area contributed by atoms with Gasteiger partial charge in [0.1, 0.15) is 5.82 Å². The Balaban J connectivity index is 2.42. The van der Waals surface area contributed by atoms with E-state index in [9.17, 15) is 21.2 Å². The van der Waals surface area contributed by atoms with Crippen LogP contribution in [0.3, 0.4) is 0 Å². The van der Waals surface area contributed by atoms with Crippen LogP contribution >= 0.6 is 0 Å². The molecule has 0 spiro atoms. The van der Waals surface area contributed by atoms with Crippen molar-refractivity contribution in [1.29, 1.82) is 0 Å². The van der Waals surface area contributed by atoms with Crippen LogP contribution in [0.4, 0.5) is 10.1 Å². The number of sulfonamides is 2. The van der Waals surface area contributed by atoms with Gasteiger partial charge in [-0.05, 0) is 49.9 Å². The van der Waals surface area contributed by atoms with Crippen molar-refractivity contribution in [1.82, 2.24) is 4.72 Å². The molecule has 0 radical (unpaired) electrons.